The molecule has 0 fully saturated rings. The largest absolute Gasteiger partial charge is 0.497 e. The van der Waals surface area contributed by atoms with Crippen LogP contribution in [-0.4, -0.2) is 17.1 Å². The van der Waals surface area contributed by atoms with Crippen molar-refractivity contribution in [2.75, 3.05) is 7.11 Å². The first kappa shape index (κ1) is 10.7. The quantitative estimate of drug-likeness (QED) is 0.912. The summed E-state index contributed by atoms with van der Waals surface area (Å²) >= 11 is 6.70. The first-order chi connectivity index (χ1) is 7.20. The number of H-pyrrole nitrogens is 1. The lowest BCUT2D eigenvalue weighted by atomic mass is 10.2. The molecule has 78 valence electrons. The van der Waals surface area contributed by atoms with Crippen LogP contribution in [0.1, 0.15) is 0 Å². The highest BCUT2D eigenvalue weighted by Gasteiger charge is 2.08. The number of nitrogens with one attached hydrogen (secondary N) is 1. The molecule has 0 bridgehead atoms. The van der Waals surface area contributed by atoms with Crippen molar-refractivity contribution in [3.63, 3.8) is 0 Å². The predicted octanol–water partition coefficient (Wildman–Crippen LogP) is 3.61. The number of aromatic nitrogens is 2. The summed E-state index contributed by atoms with van der Waals surface area (Å²) in [4.78, 5) is 7.33. The average Bonchev–Trinajstić information content (AvgIpc) is 2.58. The summed E-state index contributed by atoms with van der Waals surface area (Å²) in [7, 11) is 1.65. The summed E-state index contributed by atoms with van der Waals surface area (Å²) in [5.41, 5.74) is 1.91. The molecule has 0 aliphatic rings. The SMILES string of the molecule is COc1ccc(-c2nc(Br)[nH]c2Br)cc1. The molecule has 0 aliphatic heterocycles. The van der Waals surface area contributed by atoms with Crippen LogP contribution < -0.4 is 4.74 Å². The number of aromatic amines is 1. The normalized spacial score (nSPS) is 10.3. The molecule has 0 atom stereocenters. The van der Waals surface area contributed by atoms with E-state index in [0.29, 0.717) is 4.73 Å². The third-order valence-electron chi connectivity index (χ3n) is 1.99. The second kappa shape index (κ2) is 4.37. The van der Waals surface area contributed by atoms with Crippen LogP contribution in [0.5, 0.6) is 5.75 Å². The number of hydrogen-bond acceptors (Lipinski definition) is 2. The molecule has 0 amide bonds. The number of rotatable bonds is 2. The molecule has 0 aliphatic carbocycles. The summed E-state index contributed by atoms with van der Waals surface area (Å²) in [6.07, 6.45) is 0. The lowest BCUT2D eigenvalue weighted by molar-refractivity contribution is 0.415. The standard InChI is InChI=1S/C10H8Br2N2O/c1-15-7-4-2-6(3-5-7)8-9(11)14-10(12)13-8/h2-5H,1H3,(H,13,14). The minimum atomic E-state index is 0.709. The van der Waals surface area contributed by atoms with Gasteiger partial charge in [0, 0.05) is 5.56 Å². The van der Waals surface area contributed by atoms with Crippen LogP contribution in [0.15, 0.2) is 33.6 Å². The van der Waals surface area contributed by atoms with Crippen molar-refractivity contribution >= 4 is 31.9 Å². The smallest absolute Gasteiger partial charge is 0.175 e. The number of nitrogens with zero attached hydrogens (tertiary/aromatic N) is 1. The van der Waals surface area contributed by atoms with Crippen LogP contribution in [0.3, 0.4) is 0 Å². The van der Waals surface area contributed by atoms with Crippen molar-refractivity contribution in [1.82, 2.24) is 9.97 Å². The van der Waals surface area contributed by atoms with Gasteiger partial charge >= 0.3 is 0 Å². The second-order valence-corrected chi connectivity index (χ2v) is 4.46. The topological polar surface area (TPSA) is 37.9 Å². The van der Waals surface area contributed by atoms with Gasteiger partial charge in [0.25, 0.3) is 0 Å². The van der Waals surface area contributed by atoms with E-state index in [1.54, 1.807) is 7.11 Å². The molecule has 5 heteroatoms. The highest BCUT2D eigenvalue weighted by Crippen LogP contribution is 2.28. The molecule has 15 heavy (non-hydrogen) atoms. The van der Waals surface area contributed by atoms with Crippen LogP contribution >= 0.6 is 31.9 Å². The van der Waals surface area contributed by atoms with E-state index in [1.165, 1.54) is 0 Å². The first-order valence-corrected chi connectivity index (χ1v) is 5.84. The molecule has 0 saturated carbocycles. The summed E-state index contributed by atoms with van der Waals surface area (Å²) in [6.45, 7) is 0. The minimum absolute atomic E-state index is 0.709. The summed E-state index contributed by atoms with van der Waals surface area (Å²) < 4.78 is 6.66. The van der Waals surface area contributed by atoms with Crippen molar-refractivity contribution in [3.8, 4) is 17.0 Å². The molecule has 1 N–H and O–H groups in total. The van der Waals surface area contributed by atoms with Gasteiger partial charge < -0.3 is 9.72 Å². The Morgan fingerprint density at radius 1 is 1.20 bits per heavy atom. The zero-order valence-electron chi connectivity index (χ0n) is 7.92. The van der Waals surface area contributed by atoms with E-state index in [9.17, 15) is 0 Å². The lowest BCUT2D eigenvalue weighted by Crippen LogP contribution is -1.83. The Labute approximate surface area is 104 Å². The number of imidazole rings is 1. The maximum Gasteiger partial charge on any atom is 0.175 e. The molecule has 2 aromatic rings. The molecule has 0 unspecified atom stereocenters. The molecule has 0 spiro atoms. The fourth-order valence-electron chi connectivity index (χ4n) is 1.27. The Morgan fingerprint density at radius 3 is 2.33 bits per heavy atom. The molecular formula is C10H8Br2N2O. The molecule has 0 saturated heterocycles. The van der Waals surface area contributed by atoms with E-state index in [4.69, 9.17) is 4.74 Å². The maximum absolute atomic E-state index is 5.09. The minimum Gasteiger partial charge on any atom is -0.497 e. The van der Waals surface area contributed by atoms with E-state index in [2.05, 4.69) is 41.8 Å². The summed E-state index contributed by atoms with van der Waals surface area (Å²) in [5, 5.41) is 0. The van der Waals surface area contributed by atoms with Gasteiger partial charge in [-0.2, -0.15) is 0 Å². The Hall–Kier alpha value is -0.810. The maximum atomic E-state index is 5.09. The third-order valence-corrected chi connectivity index (χ3v) is 2.94. The molecule has 1 aromatic carbocycles. The van der Waals surface area contributed by atoms with Gasteiger partial charge in [0.15, 0.2) is 4.73 Å². The third kappa shape index (κ3) is 2.23. The molecule has 0 radical (unpaired) electrons. The fraction of sp³-hybridized carbons (Fsp3) is 0.100. The van der Waals surface area contributed by atoms with Gasteiger partial charge in [-0.1, -0.05) is 0 Å². The molecule has 3 nitrogen and oxygen atoms in total. The van der Waals surface area contributed by atoms with Crippen molar-refractivity contribution in [2.24, 2.45) is 0 Å². The Morgan fingerprint density at radius 2 is 1.87 bits per heavy atom. The number of halogens is 2. The molecular weight excluding hydrogens is 324 g/mol. The van der Waals surface area contributed by atoms with Gasteiger partial charge in [-0.25, -0.2) is 4.98 Å². The number of ether oxygens (including phenoxy) is 1. The molecule has 1 aromatic heterocycles. The second-order valence-electron chi connectivity index (χ2n) is 2.92. The van der Waals surface area contributed by atoms with E-state index in [-0.39, 0.29) is 0 Å². The van der Waals surface area contributed by atoms with E-state index < -0.39 is 0 Å². The van der Waals surface area contributed by atoms with Crippen LogP contribution in [0.25, 0.3) is 11.3 Å². The Bertz CT molecular complexity index is 465. The highest BCUT2D eigenvalue weighted by molar-refractivity contribution is 9.11. The zero-order valence-corrected chi connectivity index (χ0v) is 11.1. The Kier molecular flexibility index (Phi) is 3.11. The fourth-order valence-corrected chi connectivity index (χ4v) is 2.41. The van der Waals surface area contributed by atoms with Crippen LogP contribution in [-0.2, 0) is 0 Å². The number of methoxy groups -OCH3 is 1. The molecule has 2 rings (SSSR count). The van der Waals surface area contributed by atoms with Crippen LogP contribution in [0.2, 0.25) is 0 Å². The van der Waals surface area contributed by atoms with Gasteiger partial charge in [0.2, 0.25) is 0 Å². The Balaban J connectivity index is 2.41. The predicted molar refractivity (Wildman–Crippen MR) is 66.0 cm³/mol. The van der Waals surface area contributed by atoms with Crippen molar-refractivity contribution in [1.29, 1.82) is 0 Å². The van der Waals surface area contributed by atoms with Crippen LogP contribution in [0.4, 0.5) is 0 Å². The van der Waals surface area contributed by atoms with Gasteiger partial charge in [-0.15, -0.1) is 0 Å². The van der Waals surface area contributed by atoms with Gasteiger partial charge in [0.1, 0.15) is 16.0 Å². The number of benzene rings is 1. The average molecular weight is 332 g/mol. The summed E-state index contributed by atoms with van der Waals surface area (Å²) in [6, 6.07) is 7.74. The van der Waals surface area contributed by atoms with E-state index in [0.717, 1.165) is 21.6 Å². The van der Waals surface area contributed by atoms with Crippen molar-refractivity contribution in [2.45, 2.75) is 0 Å². The van der Waals surface area contributed by atoms with Gasteiger partial charge in [0.05, 0.1) is 7.11 Å². The lowest BCUT2D eigenvalue weighted by Gasteiger charge is -2.00. The van der Waals surface area contributed by atoms with Crippen molar-refractivity contribution in [3.05, 3.63) is 33.6 Å². The first-order valence-electron chi connectivity index (χ1n) is 4.26. The summed E-state index contributed by atoms with van der Waals surface area (Å²) in [5.74, 6) is 0.837. The zero-order chi connectivity index (χ0) is 10.8. The van der Waals surface area contributed by atoms with E-state index >= 15 is 0 Å². The van der Waals surface area contributed by atoms with Gasteiger partial charge in [-0.05, 0) is 56.1 Å². The van der Waals surface area contributed by atoms with Gasteiger partial charge in [-0.3, -0.25) is 0 Å². The molecule has 1 heterocycles. The van der Waals surface area contributed by atoms with E-state index in [1.807, 2.05) is 24.3 Å². The monoisotopic (exact) mass is 330 g/mol. The van der Waals surface area contributed by atoms with Crippen LogP contribution in [0, 0.1) is 0 Å². The van der Waals surface area contributed by atoms with Crippen molar-refractivity contribution < 1.29 is 4.74 Å². The highest BCUT2D eigenvalue weighted by atomic mass is 79.9. The number of hydrogen-bond donors (Lipinski definition) is 1.